The molecule has 2 aromatic heterocycles. The van der Waals surface area contributed by atoms with Gasteiger partial charge in [-0.15, -0.1) is 0 Å². The van der Waals surface area contributed by atoms with Gasteiger partial charge in [-0.2, -0.15) is 22.0 Å². The molecular weight excluding hydrogens is 456 g/mol. The summed E-state index contributed by atoms with van der Waals surface area (Å²) >= 11 is 0. The summed E-state index contributed by atoms with van der Waals surface area (Å²) in [6, 6.07) is 1.91. The second-order valence-corrected chi connectivity index (χ2v) is 7.39. The lowest BCUT2D eigenvalue weighted by Gasteiger charge is -2.42. The molecule has 13 heteroatoms. The Morgan fingerprint density at radius 2 is 2.00 bits per heavy atom. The zero-order chi connectivity index (χ0) is 24.8. The number of aryl methyl sites for hydroxylation is 1. The molecule has 0 spiro atoms. The van der Waals surface area contributed by atoms with Crippen LogP contribution < -0.4 is 5.73 Å². The predicted octanol–water partition coefficient (Wildman–Crippen LogP) is 4.03. The van der Waals surface area contributed by atoms with Gasteiger partial charge in [-0.3, -0.25) is 14.8 Å². The largest absolute Gasteiger partial charge is 0.446 e. The van der Waals surface area contributed by atoms with Crippen molar-refractivity contribution in [2.24, 2.45) is 10.7 Å². The second-order valence-electron chi connectivity index (χ2n) is 7.39. The topological polar surface area (TPSA) is 94.8 Å². The first-order valence-electron chi connectivity index (χ1n) is 9.20. The van der Waals surface area contributed by atoms with E-state index in [0.717, 1.165) is 12.3 Å². The molecule has 7 nitrogen and oxygen atoms in total. The van der Waals surface area contributed by atoms with E-state index in [4.69, 9.17) is 12.3 Å². The van der Waals surface area contributed by atoms with Crippen LogP contribution in [0.1, 0.15) is 34.4 Å². The first kappa shape index (κ1) is 24.0. The maximum atomic E-state index is 14.9. The smallest absolute Gasteiger partial charge is 0.431 e. The van der Waals surface area contributed by atoms with Crippen molar-refractivity contribution in [1.82, 2.24) is 9.97 Å². The average molecular weight is 471 g/mol. The number of aromatic nitrogens is 2. The Morgan fingerprint density at radius 1 is 1.33 bits per heavy atom. The molecule has 0 bridgehead atoms. The zero-order valence-corrected chi connectivity index (χ0v) is 17.0. The Morgan fingerprint density at radius 3 is 2.58 bits per heavy atom. The first-order chi connectivity index (χ1) is 15.2. The van der Waals surface area contributed by atoms with E-state index in [1.54, 1.807) is 0 Å². The number of nitrogens with zero attached hydrogens (tertiary/aromatic N) is 4. The van der Waals surface area contributed by atoms with Gasteiger partial charge in [0, 0.05) is 11.9 Å². The Labute approximate surface area is 183 Å². The third-order valence-corrected chi connectivity index (χ3v) is 5.01. The number of nitrogens with two attached hydrogens (primary N) is 1. The minimum atomic E-state index is -5.55. The Balaban J connectivity index is 2.03. The summed E-state index contributed by atoms with van der Waals surface area (Å²) in [4.78, 5) is 26.7. The molecule has 0 aliphatic carbocycles. The number of rotatable bonds is 4. The summed E-state index contributed by atoms with van der Waals surface area (Å²) in [5, 5.41) is 0. The van der Waals surface area contributed by atoms with Gasteiger partial charge in [0.05, 0.1) is 13.0 Å². The molecule has 0 amide bonds. The van der Waals surface area contributed by atoms with Gasteiger partial charge in [-0.25, -0.2) is 14.2 Å². The molecule has 174 valence electrons. The Hall–Kier alpha value is -3.69. The van der Waals surface area contributed by atoms with E-state index < -0.39 is 53.5 Å². The van der Waals surface area contributed by atoms with Crippen molar-refractivity contribution < 1.29 is 35.9 Å². The van der Waals surface area contributed by atoms with Gasteiger partial charge in [0.2, 0.25) is 5.69 Å². The number of ketones is 1. The highest BCUT2D eigenvalue weighted by atomic mass is 19.4. The average Bonchev–Trinajstić information content (AvgIpc) is 2.71. The lowest BCUT2D eigenvalue weighted by atomic mass is 9.84. The number of hydrogen-bond acceptors (Lipinski definition) is 6. The highest BCUT2D eigenvalue weighted by molar-refractivity contribution is 5.97. The summed E-state index contributed by atoms with van der Waals surface area (Å²) in [6.07, 6.45) is -8.60. The van der Waals surface area contributed by atoms with Crippen molar-refractivity contribution in [3.63, 3.8) is 0 Å². The van der Waals surface area contributed by atoms with Crippen molar-refractivity contribution in [1.29, 1.82) is 0 Å². The van der Waals surface area contributed by atoms with Gasteiger partial charge in [0.1, 0.15) is 17.2 Å². The molecule has 3 rings (SSSR count). The van der Waals surface area contributed by atoms with E-state index in [1.165, 1.54) is 13.0 Å². The number of amidine groups is 1. The summed E-state index contributed by atoms with van der Waals surface area (Å²) in [5.41, 5.74) is 1.20. The number of carbonyl (C=O) groups excluding carboxylic acids is 1. The molecule has 2 N–H and O–H groups in total. The van der Waals surface area contributed by atoms with Gasteiger partial charge in [0.15, 0.2) is 11.3 Å². The first-order valence-corrected chi connectivity index (χ1v) is 9.20. The van der Waals surface area contributed by atoms with Gasteiger partial charge in [-0.05, 0) is 37.6 Å². The number of Topliss-reactive ketones (excluding diaryl/α,β-unsaturated/α-hetero) is 1. The van der Waals surface area contributed by atoms with Crippen LogP contribution >= 0.6 is 0 Å². The molecule has 0 radical (unpaired) electrons. The molecule has 0 saturated carbocycles. The summed E-state index contributed by atoms with van der Waals surface area (Å²) in [6.45, 7) is 9.02. The lowest BCUT2D eigenvalue weighted by Crippen LogP contribution is -2.62. The van der Waals surface area contributed by atoms with Crippen molar-refractivity contribution in [2.75, 3.05) is 0 Å². The van der Waals surface area contributed by atoms with Crippen LogP contribution in [-0.4, -0.2) is 40.0 Å². The fourth-order valence-corrected chi connectivity index (χ4v) is 3.34. The Kier molecular flexibility index (Phi) is 5.82. The fourth-order valence-electron chi connectivity index (χ4n) is 3.34. The molecule has 0 aromatic carbocycles. The number of carbonyl (C=O) groups is 1. The lowest BCUT2D eigenvalue weighted by molar-refractivity contribution is -0.288. The number of pyridine rings is 2. The number of aliphatic imine (C=N–C) groups is 1. The van der Waals surface area contributed by atoms with Gasteiger partial charge in [0.25, 0.3) is 12.1 Å². The van der Waals surface area contributed by atoms with Crippen LogP contribution in [0.4, 0.5) is 32.0 Å². The minimum absolute atomic E-state index is 0.0305. The van der Waals surface area contributed by atoms with Crippen molar-refractivity contribution in [3.05, 3.63) is 64.3 Å². The number of alkyl halides is 5. The third-order valence-electron chi connectivity index (χ3n) is 5.01. The van der Waals surface area contributed by atoms with Gasteiger partial charge < -0.3 is 10.5 Å². The van der Waals surface area contributed by atoms with E-state index in [1.807, 2.05) is 0 Å². The number of hydrogen-bond donors (Lipinski definition) is 1. The maximum Gasteiger partial charge on any atom is 0.431 e. The zero-order valence-electron chi connectivity index (χ0n) is 17.0. The predicted molar refractivity (Wildman–Crippen MR) is 102 cm³/mol. The van der Waals surface area contributed by atoms with Crippen molar-refractivity contribution >= 4 is 17.5 Å². The van der Waals surface area contributed by atoms with E-state index in [-0.39, 0.29) is 17.1 Å². The standard InChI is InChI=1S/C20H15F6N5O2/c1-9-6-11(28-3)8-29-14(9)13(32)7-10-4-5-12(21)15(30-10)18(2)19(22,23)16(20(24,25)26)33-17(27)31-18/h4-6,8,16H,7H2,1-2H3,(H2,27,31)/t16-,18+/m0/s1. The molecule has 1 aliphatic rings. The SMILES string of the molecule is [C-]#[N+]c1cnc(C(=O)Cc2ccc(F)c([C@@]3(C)N=C(N)O[C@H](C(F)(F)F)C3(F)F)n2)c(C)c1. The van der Waals surface area contributed by atoms with Gasteiger partial charge in [-0.1, -0.05) is 0 Å². The van der Waals surface area contributed by atoms with Crippen molar-refractivity contribution in [3.8, 4) is 0 Å². The van der Waals surface area contributed by atoms with E-state index >= 15 is 0 Å². The molecule has 33 heavy (non-hydrogen) atoms. The minimum Gasteiger partial charge on any atom is -0.446 e. The molecule has 0 saturated heterocycles. The number of ether oxygens (including phenoxy) is 1. The molecular formula is C20H15F6N5O2. The molecule has 3 heterocycles. The third kappa shape index (κ3) is 4.20. The second kappa shape index (κ2) is 8.02. The van der Waals surface area contributed by atoms with E-state index in [2.05, 4.69) is 24.5 Å². The quantitative estimate of drug-likeness (QED) is 0.413. The van der Waals surface area contributed by atoms with E-state index in [0.29, 0.717) is 18.6 Å². The molecule has 0 fully saturated rings. The van der Waals surface area contributed by atoms with Crippen LogP contribution in [0.5, 0.6) is 0 Å². The fraction of sp³-hybridized carbons (Fsp3) is 0.350. The summed E-state index contributed by atoms with van der Waals surface area (Å²) in [7, 11) is 0. The van der Waals surface area contributed by atoms with Crippen LogP contribution in [0.25, 0.3) is 4.85 Å². The van der Waals surface area contributed by atoms with Crippen LogP contribution in [0.15, 0.2) is 29.4 Å². The molecule has 2 atom stereocenters. The molecule has 0 unspecified atom stereocenters. The molecule has 2 aromatic rings. The molecule has 1 aliphatic heterocycles. The Bertz CT molecular complexity index is 1190. The highest BCUT2D eigenvalue weighted by Crippen LogP contribution is 2.50. The summed E-state index contributed by atoms with van der Waals surface area (Å²) < 4.78 is 88.0. The van der Waals surface area contributed by atoms with E-state index in [9.17, 15) is 31.1 Å². The maximum absolute atomic E-state index is 14.9. The summed E-state index contributed by atoms with van der Waals surface area (Å²) in [5.74, 6) is -6.80. The number of halogens is 6. The van der Waals surface area contributed by atoms with Crippen LogP contribution in [-0.2, 0) is 16.7 Å². The van der Waals surface area contributed by atoms with Gasteiger partial charge >= 0.3 is 12.1 Å². The normalized spacial score (nSPS) is 22.2. The van der Waals surface area contributed by atoms with Crippen molar-refractivity contribution in [2.45, 2.75) is 44.0 Å². The highest BCUT2D eigenvalue weighted by Gasteiger charge is 2.70. The van der Waals surface area contributed by atoms with Crippen LogP contribution in [0.3, 0.4) is 0 Å². The van der Waals surface area contributed by atoms with Crippen LogP contribution in [0, 0.1) is 19.3 Å². The van der Waals surface area contributed by atoms with Crippen LogP contribution in [0.2, 0.25) is 0 Å². The monoisotopic (exact) mass is 471 g/mol.